The number of aliphatic hydroxyl groups is 1. The van der Waals surface area contributed by atoms with E-state index in [1.54, 1.807) is 0 Å². The van der Waals surface area contributed by atoms with Crippen LogP contribution in [0.25, 0.3) is 0 Å². The largest absolute Gasteiger partial charge is 0.393 e. The average Bonchev–Trinajstić information content (AvgIpc) is 3.27. The van der Waals surface area contributed by atoms with Gasteiger partial charge in [-0.2, -0.15) is 0 Å². The van der Waals surface area contributed by atoms with Crippen LogP contribution in [-0.2, 0) is 0 Å². The Morgan fingerprint density at radius 1 is 0.833 bits per heavy atom. The second-order valence-corrected chi connectivity index (χ2v) is 14.0. The zero-order valence-electron chi connectivity index (χ0n) is 21.0. The molecule has 0 aliphatic heterocycles. The minimum atomic E-state index is -0.0261. The molecule has 0 amide bonds. The van der Waals surface area contributed by atoms with Crippen molar-refractivity contribution in [1.29, 1.82) is 0 Å². The zero-order valence-corrected chi connectivity index (χ0v) is 21.0. The van der Waals surface area contributed by atoms with Crippen LogP contribution in [0.5, 0.6) is 0 Å². The fourth-order valence-corrected chi connectivity index (χ4v) is 11.0. The van der Waals surface area contributed by atoms with Crippen LogP contribution in [0.1, 0.15) is 119 Å². The van der Waals surface area contributed by atoms with Gasteiger partial charge >= 0.3 is 0 Å². The summed E-state index contributed by atoms with van der Waals surface area (Å²) in [7, 11) is 0. The Bertz CT molecular complexity index is 669. The lowest BCUT2D eigenvalue weighted by Crippen LogP contribution is -2.55. The lowest BCUT2D eigenvalue weighted by molar-refractivity contribution is -0.142. The molecular formula is C29H50O. The number of aliphatic hydroxyl groups excluding tert-OH is 1. The van der Waals surface area contributed by atoms with Gasteiger partial charge < -0.3 is 5.11 Å². The van der Waals surface area contributed by atoms with Gasteiger partial charge in [0.2, 0.25) is 0 Å². The topological polar surface area (TPSA) is 20.2 Å². The lowest BCUT2D eigenvalue weighted by Gasteiger charge is -2.62. The molecule has 5 aliphatic rings. The van der Waals surface area contributed by atoms with Crippen molar-refractivity contribution >= 4 is 0 Å². The summed E-state index contributed by atoms with van der Waals surface area (Å²) < 4.78 is 0. The molecular weight excluding hydrogens is 364 g/mol. The van der Waals surface area contributed by atoms with Crippen molar-refractivity contribution in [2.24, 2.45) is 57.2 Å². The van der Waals surface area contributed by atoms with E-state index in [2.05, 4.69) is 41.5 Å². The molecule has 1 nitrogen and oxygen atoms in total. The van der Waals surface area contributed by atoms with Crippen molar-refractivity contribution < 1.29 is 5.11 Å². The molecule has 10 atom stereocenters. The Kier molecular flexibility index (Phi) is 5.07. The second-order valence-electron chi connectivity index (χ2n) is 14.0. The third kappa shape index (κ3) is 2.63. The number of rotatable bonds is 5. The molecule has 0 unspecified atom stereocenters. The summed E-state index contributed by atoms with van der Waals surface area (Å²) >= 11 is 0. The molecule has 0 aromatic rings. The van der Waals surface area contributed by atoms with Gasteiger partial charge in [0.15, 0.2) is 0 Å². The third-order valence-electron chi connectivity index (χ3n) is 12.9. The molecule has 30 heavy (non-hydrogen) atoms. The predicted molar refractivity (Wildman–Crippen MR) is 126 cm³/mol. The maximum absolute atomic E-state index is 10.6. The quantitative estimate of drug-likeness (QED) is 0.485. The molecule has 1 heteroatoms. The standard InChI is InChI=1S/C29H50O/c1-19(2)8-7-9-20(3)22-12-14-27(6)25-11-10-23-21(4)24(30)13-15-28(23)18-29(25,28)17-16-26(22,27)5/h19-25,30H,7-18H2,1-6H3/t20-,21+,22-,23+,24+,25+,26-,27+,28-,29+/m1/s1. The first kappa shape index (κ1) is 21.8. The highest BCUT2D eigenvalue weighted by atomic mass is 16.3. The van der Waals surface area contributed by atoms with Crippen molar-refractivity contribution in [3.05, 3.63) is 0 Å². The van der Waals surface area contributed by atoms with Gasteiger partial charge in [-0.1, -0.05) is 60.8 Å². The molecule has 172 valence electrons. The number of fused-ring (bicyclic) bond motifs is 2. The summed E-state index contributed by atoms with van der Waals surface area (Å²) in [4.78, 5) is 0. The van der Waals surface area contributed by atoms with E-state index >= 15 is 0 Å². The zero-order chi connectivity index (χ0) is 21.5. The van der Waals surface area contributed by atoms with E-state index in [0.29, 0.717) is 27.6 Å². The summed E-state index contributed by atoms with van der Waals surface area (Å²) in [6, 6.07) is 0. The lowest BCUT2D eigenvalue weighted by atomic mass is 9.43. The van der Waals surface area contributed by atoms with Crippen LogP contribution in [0.4, 0.5) is 0 Å². The van der Waals surface area contributed by atoms with Gasteiger partial charge in [0, 0.05) is 0 Å². The second kappa shape index (κ2) is 6.98. The van der Waals surface area contributed by atoms with Gasteiger partial charge in [0.05, 0.1) is 6.10 Å². The van der Waals surface area contributed by atoms with Gasteiger partial charge in [0.25, 0.3) is 0 Å². The molecule has 5 rings (SSSR count). The van der Waals surface area contributed by atoms with Crippen LogP contribution >= 0.6 is 0 Å². The van der Waals surface area contributed by atoms with E-state index < -0.39 is 0 Å². The predicted octanol–water partition coefficient (Wildman–Crippen LogP) is 7.86. The summed E-state index contributed by atoms with van der Waals surface area (Å²) in [6.07, 6.45) is 17.1. The first-order chi connectivity index (χ1) is 14.1. The first-order valence-electron chi connectivity index (χ1n) is 13.8. The number of hydrogen-bond acceptors (Lipinski definition) is 1. The Morgan fingerprint density at radius 3 is 2.33 bits per heavy atom. The Balaban J connectivity index is 1.37. The molecule has 2 spiro atoms. The van der Waals surface area contributed by atoms with Crippen LogP contribution < -0.4 is 0 Å². The maximum Gasteiger partial charge on any atom is 0.0568 e. The minimum Gasteiger partial charge on any atom is -0.393 e. The van der Waals surface area contributed by atoms with Gasteiger partial charge in [0.1, 0.15) is 0 Å². The van der Waals surface area contributed by atoms with E-state index in [0.717, 1.165) is 36.0 Å². The summed E-state index contributed by atoms with van der Waals surface area (Å²) in [5.41, 5.74) is 2.42. The highest BCUT2D eigenvalue weighted by molar-refractivity contribution is 5.29. The van der Waals surface area contributed by atoms with Crippen LogP contribution in [0.2, 0.25) is 0 Å². The van der Waals surface area contributed by atoms with Gasteiger partial charge in [-0.25, -0.2) is 0 Å². The smallest absolute Gasteiger partial charge is 0.0568 e. The molecule has 0 heterocycles. The fraction of sp³-hybridized carbons (Fsp3) is 1.00. The maximum atomic E-state index is 10.6. The number of hydrogen-bond donors (Lipinski definition) is 1. The normalized spacial score (nSPS) is 55.4. The minimum absolute atomic E-state index is 0.0261. The highest BCUT2D eigenvalue weighted by Crippen LogP contribution is 2.88. The van der Waals surface area contributed by atoms with E-state index in [-0.39, 0.29) is 6.10 Å². The summed E-state index contributed by atoms with van der Waals surface area (Å²) in [5, 5.41) is 10.6. The van der Waals surface area contributed by atoms with Crippen molar-refractivity contribution in [1.82, 2.24) is 0 Å². The molecule has 0 bridgehead atoms. The summed E-state index contributed by atoms with van der Waals surface area (Å²) in [5.74, 6) is 5.03. The Labute approximate surface area is 187 Å². The highest BCUT2D eigenvalue weighted by Gasteiger charge is 2.81. The SMILES string of the molecule is CC(C)CCC[C@@H](C)[C@H]1CC[C@@]2(C)[C@@H]3CC[C@H]4[C@H](C)[C@@H](O)CC[C@@]45C[C@@]35CC[C@]12C. The van der Waals surface area contributed by atoms with E-state index in [9.17, 15) is 5.11 Å². The van der Waals surface area contributed by atoms with Crippen LogP contribution in [0, 0.1) is 57.2 Å². The van der Waals surface area contributed by atoms with E-state index in [1.807, 2.05) is 0 Å². The monoisotopic (exact) mass is 414 g/mol. The van der Waals surface area contributed by atoms with E-state index in [4.69, 9.17) is 0 Å². The molecule has 0 saturated heterocycles. The molecule has 0 aromatic heterocycles. The van der Waals surface area contributed by atoms with Gasteiger partial charge in [-0.05, 0) is 115 Å². The summed E-state index contributed by atoms with van der Waals surface area (Å²) in [6.45, 7) is 15.2. The first-order valence-corrected chi connectivity index (χ1v) is 13.8. The molecule has 0 radical (unpaired) electrons. The van der Waals surface area contributed by atoms with Crippen LogP contribution in [0.15, 0.2) is 0 Å². The van der Waals surface area contributed by atoms with E-state index in [1.165, 1.54) is 70.6 Å². The van der Waals surface area contributed by atoms with Crippen molar-refractivity contribution in [2.75, 3.05) is 0 Å². The Hall–Kier alpha value is -0.0400. The molecule has 1 N–H and O–H groups in total. The fourth-order valence-electron chi connectivity index (χ4n) is 11.0. The van der Waals surface area contributed by atoms with Gasteiger partial charge in [-0.3, -0.25) is 0 Å². The average molecular weight is 415 g/mol. The van der Waals surface area contributed by atoms with Crippen LogP contribution in [-0.4, -0.2) is 11.2 Å². The molecule has 0 aromatic carbocycles. The molecule has 5 fully saturated rings. The third-order valence-corrected chi connectivity index (χ3v) is 12.9. The Morgan fingerprint density at radius 2 is 1.60 bits per heavy atom. The van der Waals surface area contributed by atoms with Crippen molar-refractivity contribution in [2.45, 2.75) is 125 Å². The van der Waals surface area contributed by atoms with Gasteiger partial charge in [-0.15, -0.1) is 0 Å². The van der Waals surface area contributed by atoms with Crippen molar-refractivity contribution in [3.63, 3.8) is 0 Å². The van der Waals surface area contributed by atoms with Crippen molar-refractivity contribution in [3.8, 4) is 0 Å². The molecule has 5 aliphatic carbocycles. The van der Waals surface area contributed by atoms with Crippen LogP contribution in [0.3, 0.4) is 0 Å². The molecule has 5 saturated carbocycles.